The standard InChI is InChI=1S/C17H7Br2F3N2O4S2/c18-9-3-7(5-13-15(25)23-16(29)30-13)4-10(19)14(9)28-12-2-1-8(17(20,21)22)6-11(12)24(26)27/h1-6H,(H,23,25,29). The van der Waals surface area contributed by atoms with Crippen molar-refractivity contribution in [3.05, 3.63) is 65.4 Å². The monoisotopic (exact) mass is 582 g/mol. The van der Waals surface area contributed by atoms with Gasteiger partial charge in [-0.3, -0.25) is 14.9 Å². The number of halogens is 5. The van der Waals surface area contributed by atoms with Gasteiger partial charge in [-0.15, -0.1) is 0 Å². The van der Waals surface area contributed by atoms with E-state index in [1.807, 2.05) is 0 Å². The third-order valence-corrected chi connectivity index (χ3v) is 6.00. The molecule has 6 nitrogen and oxygen atoms in total. The quantitative estimate of drug-likeness (QED) is 0.194. The van der Waals surface area contributed by atoms with Crippen LogP contribution in [0.4, 0.5) is 18.9 Å². The van der Waals surface area contributed by atoms with Gasteiger partial charge in [-0.05, 0) is 67.8 Å². The molecule has 156 valence electrons. The molecule has 0 saturated carbocycles. The van der Waals surface area contributed by atoms with Crippen molar-refractivity contribution in [3.63, 3.8) is 0 Å². The number of benzene rings is 2. The SMILES string of the molecule is O=C1NC(=S)SC1=Cc1cc(Br)c(Oc2ccc(C(F)(F)F)cc2[N+](=O)[O-])c(Br)c1. The number of carbonyl (C=O) groups is 1. The summed E-state index contributed by atoms with van der Waals surface area (Å²) in [5.74, 6) is -0.589. The number of ether oxygens (including phenoxy) is 1. The van der Waals surface area contributed by atoms with Gasteiger partial charge in [-0.2, -0.15) is 13.2 Å². The molecule has 0 aliphatic carbocycles. The van der Waals surface area contributed by atoms with E-state index >= 15 is 0 Å². The molecule has 1 saturated heterocycles. The zero-order valence-corrected chi connectivity index (χ0v) is 19.1. The van der Waals surface area contributed by atoms with E-state index in [2.05, 4.69) is 37.2 Å². The molecular weight excluding hydrogens is 577 g/mol. The summed E-state index contributed by atoms with van der Waals surface area (Å²) >= 11 is 12.6. The minimum atomic E-state index is -4.73. The van der Waals surface area contributed by atoms with E-state index in [1.54, 1.807) is 18.2 Å². The molecule has 0 bridgehead atoms. The van der Waals surface area contributed by atoms with Gasteiger partial charge in [-0.1, -0.05) is 24.0 Å². The van der Waals surface area contributed by atoms with Crippen molar-refractivity contribution in [2.24, 2.45) is 0 Å². The second-order valence-corrected chi connectivity index (χ2v) is 9.13. The number of rotatable bonds is 4. The molecule has 13 heteroatoms. The second-order valence-electron chi connectivity index (χ2n) is 5.71. The third-order valence-electron chi connectivity index (χ3n) is 3.66. The third kappa shape index (κ3) is 5.02. The number of thioether (sulfide) groups is 1. The summed E-state index contributed by atoms with van der Waals surface area (Å²) in [5, 5.41) is 13.7. The molecule has 1 fully saturated rings. The molecule has 1 amide bonds. The maximum Gasteiger partial charge on any atom is 0.416 e. The van der Waals surface area contributed by atoms with E-state index in [-0.39, 0.29) is 17.4 Å². The van der Waals surface area contributed by atoms with Crippen LogP contribution in [-0.4, -0.2) is 15.2 Å². The fourth-order valence-electron chi connectivity index (χ4n) is 2.37. The zero-order chi connectivity index (χ0) is 22.2. The number of nitro groups is 1. The van der Waals surface area contributed by atoms with Crippen molar-refractivity contribution in [2.45, 2.75) is 6.18 Å². The Bertz CT molecular complexity index is 1100. The van der Waals surface area contributed by atoms with Gasteiger partial charge in [0.2, 0.25) is 5.75 Å². The van der Waals surface area contributed by atoms with Crippen LogP contribution in [0.3, 0.4) is 0 Å². The fraction of sp³-hybridized carbons (Fsp3) is 0.0588. The number of amides is 1. The van der Waals surface area contributed by atoms with Crippen molar-refractivity contribution in [1.82, 2.24) is 5.32 Å². The Morgan fingerprint density at radius 2 is 1.83 bits per heavy atom. The average Bonchev–Trinajstić information content (AvgIpc) is 2.94. The van der Waals surface area contributed by atoms with Crippen molar-refractivity contribution in [3.8, 4) is 11.5 Å². The van der Waals surface area contributed by atoms with E-state index in [0.717, 1.165) is 17.8 Å². The topological polar surface area (TPSA) is 81.5 Å². The molecule has 30 heavy (non-hydrogen) atoms. The van der Waals surface area contributed by atoms with Crippen molar-refractivity contribution in [2.75, 3.05) is 0 Å². The van der Waals surface area contributed by atoms with E-state index in [0.29, 0.717) is 35.9 Å². The Kier molecular flexibility index (Phi) is 6.55. The Balaban J connectivity index is 1.96. The van der Waals surface area contributed by atoms with Gasteiger partial charge in [0.15, 0.2) is 5.75 Å². The van der Waals surface area contributed by atoms with Crippen LogP contribution in [0.25, 0.3) is 6.08 Å². The van der Waals surface area contributed by atoms with Crippen LogP contribution >= 0.6 is 55.8 Å². The molecular formula is C17H7Br2F3N2O4S2. The minimum Gasteiger partial charge on any atom is -0.448 e. The summed E-state index contributed by atoms with van der Waals surface area (Å²) in [5.41, 5.74) is -1.40. The molecule has 1 aliphatic heterocycles. The van der Waals surface area contributed by atoms with Crippen LogP contribution in [0.15, 0.2) is 44.2 Å². The van der Waals surface area contributed by atoms with Gasteiger partial charge >= 0.3 is 11.9 Å². The molecule has 2 aromatic rings. The molecule has 0 radical (unpaired) electrons. The van der Waals surface area contributed by atoms with Crippen LogP contribution in [-0.2, 0) is 11.0 Å². The Labute approximate surface area is 193 Å². The van der Waals surface area contributed by atoms with Crippen LogP contribution in [0.5, 0.6) is 11.5 Å². The van der Waals surface area contributed by atoms with Gasteiger partial charge in [0.1, 0.15) is 4.32 Å². The molecule has 1 N–H and O–H groups in total. The van der Waals surface area contributed by atoms with Crippen LogP contribution in [0.1, 0.15) is 11.1 Å². The van der Waals surface area contributed by atoms with Crippen molar-refractivity contribution in [1.29, 1.82) is 0 Å². The van der Waals surface area contributed by atoms with E-state index < -0.39 is 22.4 Å². The van der Waals surface area contributed by atoms with Crippen molar-refractivity contribution >= 4 is 77.8 Å². The molecule has 3 rings (SSSR count). The molecule has 1 heterocycles. The fourth-order valence-corrected chi connectivity index (χ4v) is 4.79. The lowest BCUT2D eigenvalue weighted by Crippen LogP contribution is -2.17. The maximum atomic E-state index is 12.9. The van der Waals surface area contributed by atoms with Gasteiger partial charge in [0.05, 0.1) is 24.3 Å². The van der Waals surface area contributed by atoms with Crippen LogP contribution < -0.4 is 10.1 Å². The largest absolute Gasteiger partial charge is 0.448 e. The molecule has 1 aliphatic rings. The molecule has 2 aromatic carbocycles. The normalized spacial score (nSPS) is 15.4. The Hall–Kier alpha value is -1.96. The van der Waals surface area contributed by atoms with Gasteiger partial charge < -0.3 is 10.1 Å². The lowest BCUT2D eigenvalue weighted by Gasteiger charge is -2.13. The van der Waals surface area contributed by atoms with E-state index in [4.69, 9.17) is 17.0 Å². The summed E-state index contributed by atoms with van der Waals surface area (Å²) in [6.07, 6.45) is -3.15. The van der Waals surface area contributed by atoms with E-state index in [9.17, 15) is 28.1 Å². The number of nitrogens with zero attached hydrogens (tertiary/aromatic N) is 1. The molecule has 0 atom stereocenters. The number of carbonyl (C=O) groups excluding carboxylic acids is 1. The highest BCUT2D eigenvalue weighted by Crippen LogP contribution is 2.43. The number of nitrogens with one attached hydrogen (secondary N) is 1. The first-order valence-corrected chi connectivity index (χ1v) is 10.5. The predicted octanol–water partition coefficient (Wildman–Crippen LogP) is 6.42. The number of hydrogen-bond acceptors (Lipinski definition) is 6. The molecule has 0 unspecified atom stereocenters. The molecule has 0 spiro atoms. The summed E-state index contributed by atoms with van der Waals surface area (Å²) in [4.78, 5) is 22.5. The summed E-state index contributed by atoms with van der Waals surface area (Å²) < 4.78 is 45.1. The van der Waals surface area contributed by atoms with E-state index in [1.165, 1.54) is 0 Å². The lowest BCUT2D eigenvalue weighted by molar-refractivity contribution is -0.385. The first-order chi connectivity index (χ1) is 14.0. The minimum absolute atomic E-state index is 0.110. The first kappa shape index (κ1) is 22.7. The first-order valence-electron chi connectivity index (χ1n) is 7.73. The Morgan fingerprint density at radius 3 is 2.33 bits per heavy atom. The summed E-state index contributed by atoms with van der Waals surface area (Å²) in [6.45, 7) is 0. The predicted molar refractivity (Wildman–Crippen MR) is 116 cm³/mol. The van der Waals surface area contributed by atoms with Gasteiger partial charge in [-0.25, -0.2) is 0 Å². The number of alkyl halides is 3. The van der Waals surface area contributed by atoms with Crippen LogP contribution in [0.2, 0.25) is 0 Å². The average molecular weight is 584 g/mol. The lowest BCUT2D eigenvalue weighted by atomic mass is 10.1. The number of nitro benzene ring substituents is 1. The maximum absolute atomic E-state index is 12.9. The summed E-state index contributed by atoms with van der Waals surface area (Å²) in [7, 11) is 0. The highest BCUT2D eigenvalue weighted by molar-refractivity contribution is 9.11. The molecule has 0 aromatic heterocycles. The summed E-state index contributed by atoms with van der Waals surface area (Å²) in [6, 6.07) is 5.16. The smallest absolute Gasteiger partial charge is 0.416 e. The number of thiocarbonyl (C=S) groups is 1. The van der Waals surface area contributed by atoms with Crippen LogP contribution in [0, 0.1) is 10.1 Å². The van der Waals surface area contributed by atoms with Gasteiger partial charge in [0, 0.05) is 6.07 Å². The zero-order valence-electron chi connectivity index (χ0n) is 14.3. The van der Waals surface area contributed by atoms with Gasteiger partial charge in [0.25, 0.3) is 5.91 Å². The highest BCUT2D eigenvalue weighted by Gasteiger charge is 2.33. The second kappa shape index (κ2) is 8.65. The highest BCUT2D eigenvalue weighted by atomic mass is 79.9. The number of hydrogen-bond donors (Lipinski definition) is 1. The van der Waals surface area contributed by atoms with Crippen molar-refractivity contribution < 1.29 is 27.6 Å². The Morgan fingerprint density at radius 1 is 1.20 bits per heavy atom.